The SMILES string of the molecule is CC(C)n1ncc2c(C(=O)Nc3ccc(CN4C(=O)CCC4=O)cc3)cc(-c3ccccc3)nc21. The molecule has 5 rings (SSSR count). The van der Waals surface area contributed by atoms with E-state index in [2.05, 4.69) is 10.4 Å². The summed E-state index contributed by atoms with van der Waals surface area (Å²) in [6.07, 6.45) is 2.22. The van der Waals surface area contributed by atoms with E-state index in [-0.39, 0.29) is 43.1 Å². The van der Waals surface area contributed by atoms with Crippen molar-refractivity contribution in [2.45, 2.75) is 39.3 Å². The molecule has 1 aliphatic heterocycles. The average Bonchev–Trinajstić information content (AvgIpc) is 3.44. The Labute approximate surface area is 202 Å². The summed E-state index contributed by atoms with van der Waals surface area (Å²) in [6.45, 7) is 4.29. The molecule has 0 unspecified atom stereocenters. The highest BCUT2D eigenvalue weighted by molar-refractivity contribution is 6.12. The topological polar surface area (TPSA) is 97.2 Å². The van der Waals surface area contributed by atoms with Crippen LogP contribution in [0.15, 0.2) is 66.9 Å². The van der Waals surface area contributed by atoms with Gasteiger partial charge in [-0.25, -0.2) is 9.67 Å². The number of hydrogen-bond acceptors (Lipinski definition) is 5. The van der Waals surface area contributed by atoms with Crippen LogP contribution in [0.5, 0.6) is 0 Å². The van der Waals surface area contributed by atoms with E-state index in [4.69, 9.17) is 4.98 Å². The van der Waals surface area contributed by atoms with Gasteiger partial charge < -0.3 is 5.32 Å². The summed E-state index contributed by atoms with van der Waals surface area (Å²) in [5.41, 5.74) is 4.18. The zero-order valence-corrected chi connectivity index (χ0v) is 19.6. The molecule has 0 atom stereocenters. The number of carbonyl (C=O) groups excluding carboxylic acids is 3. The van der Waals surface area contributed by atoms with Crippen LogP contribution in [0.25, 0.3) is 22.3 Å². The second kappa shape index (κ2) is 9.13. The smallest absolute Gasteiger partial charge is 0.256 e. The Kier molecular flexibility index (Phi) is 5.86. The number of hydrogen-bond donors (Lipinski definition) is 1. The lowest BCUT2D eigenvalue weighted by Gasteiger charge is -2.14. The van der Waals surface area contributed by atoms with Gasteiger partial charge in [0, 0.05) is 30.1 Å². The number of rotatable bonds is 6. The van der Waals surface area contributed by atoms with Crippen LogP contribution in [0.3, 0.4) is 0 Å². The zero-order chi connectivity index (χ0) is 24.5. The third-order valence-corrected chi connectivity index (χ3v) is 6.08. The van der Waals surface area contributed by atoms with Gasteiger partial charge in [0.25, 0.3) is 5.91 Å². The van der Waals surface area contributed by atoms with E-state index >= 15 is 0 Å². The van der Waals surface area contributed by atoms with E-state index in [0.29, 0.717) is 28.0 Å². The van der Waals surface area contributed by atoms with Gasteiger partial charge in [-0.1, -0.05) is 42.5 Å². The molecule has 2 aromatic heterocycles. The molecule has 3 amide bonds. The summed E-state index contributed by atoms with van der Waals surface area (Å²) in [6, 6.07) is 18.8. The minimum absolute atomic E-state index is 0.0869. The molecule has 4 aromatic rings. The summed E-state index contributed by atoms with van der Waals surface area (Å²) in [7, 11) is 0. The highest BCUT2D eigenvalue weighted by Gasteiger charge is 2.28. The van der Waals surface area contributed by atoms with Gasteiger partial charge in [0.05, 0.1) is 29.4 Å². The van der Waals surface area contributed by atoms with Gasteiger partial charge in [-0.05, 0) is 37.6 Å². The molecular formula is C27H25N5O3. The summed E-state index contributed by atoms with van der Waals surface area (Å²) >= 11 is 0. The summed E-state index contributed by atoms with van der Waals surface area (Å²) in [4.78, 5) is 43.2. The molecule has 1 aliphatic rings. The third-order valence-electron chi connectivity index (χ3n) is 6.08. The monoisotopic (exact) mass is 467 g/mol. The Balaban J connectivity index is 1.43. The van der Waals surface area contributed by atoms with Crippen molar-refractivity contribution in [2.75, 3.05) is 5.32 Å². The molecule has 0 aliphatic carbocycles. The van der Waals surface area contributed by atoms with Crippen LogP contribution in [-0.4, -0.2) is 37.4 Å². The van der Waals surface area contributed by atoms with E-state index in [1.807, 2.05) is 61.0 Å². The van der Waals surface area contributed by atoms with Crippen LogP contribution >= 0.6 is 0 Å². The van der Waals surface area contributed by atoms with Gasteiger partial charge in [0.1, 0.15) is 0 Å². The molecule has 0 radical (unpaired) electrons. The van der Waals surface area contributed by atoms with Gasteiger partial charge in [0.2, 0.25) is 11.8 Å². The molecular weight excluding hydrogens is 442 g/mol. The molecule has 0 saturated carbocycles. The van der Waals surface area contributed by atoms with Crippen LogP contribution in [0.2, 0.25) is 0 Å². The molecule has 8 nitrogen and oxygen atoms in total. The summed E-state index contributed by atoms with van der Waals surface area (Å²) in [5.74, 6) is -0.564. The first-order valence-corrected chi connectivity index (χ1v) is 11.6. The maximum Gasteiger partial charge on any atom is 0.256 e. The van der Waals surface area contributed by atoms with Gasteiger partial charge in [-0.15, -0.1) is 0 Å². The summed E-state index contributed by atoms with van der Waals surface area (Å²) < 4.78 is 1.81. The van der Waals surface area contributed by atoms with Gasteiger partial charge in [-0.2, -0.15) is 5.10 Å². The highest BCUT2D eigenvalue weighted by Crippen LogP contribution is 2.27. The lowest BCUT2D eigenvalue weighted by molar-refractivity contribution is -0.139. The van der Waals surface area contributed by atoms with Crippen LogP contribution in [0.4, 0.5) is 5.69 Å². The number of likely N-dealkylation sites (tertiary alicyclic amines) is 1. The molecule has 0 bridgehead atoms. The minimum Gasteiger partial charge on any atom is -0.322 e. The van der Waals surface area contributed by atoms with Gasteiger partial charge in [-0.3, -0.25) is 19.3 Å². The number of carbonyl (C=O) groups is 3. The predicted octanol–water partition coefficient (Wildman–Crippen LogP) is 4.58. The number of imide groups is 1. The van der Waals surface area contributed by atoms with Gasteiger partial charge >= 0.3 is 0 Å². The fraction of sp³-hybridized carbons (Fsp3) is 0.222. The quantitative estimate of drug-likeness (QED) is 0.419. The molecule has 3 heterocycles. The van der Waals surface area contributed by atoms with Crippen molar-refractivity contribution in [2.24, 2.45) is 0 Å². The number of benzene rings is 2. The van der Waals surface area contributed by atoms with Crippen LogP contribution in [0.1, 0.15) is 48.7 Å². The van der Waals surface area contributed by atoms with E-state index in [1.165, 1.54) is 4.90 Å². The molecule has 176 valence electrons. The second-order valence-corrected chi connectivity index (χ2v) is 8.87. The van der Waals surface area contributed by atoms with Crippen molar-refractivity contribution in [1.82, 2.24) is 19.7 Å². The van der Waals surface area contributed by atoms with Crippen LogP contribution < -0.4 is 5.32 Å². The van der Waals surface area contributed by atoms with Crippen molar-refractivity contribution in [3.05, 3.63) is 78.0 Å². The lowest BCUT2D eigenvalue weighted by Crippen LogP contribution is -2.28. The van der Waals surface area contributed by atoms with Crippen molar-refractivity contribution in [3.63, 3.8) is 0 Å². The van der Waals surface area contributed by atoms with Crippen molar-refractivity contribution >= 4 is 34.4 Å². The number of nitrogens with zero attached hydrogens (tertiary/aromatic N) is 4. The Morgan fingerprint density at radius 2 is 1.69 bits per heavy atom. The fourth-order valence-electron chi connectivity index (χ4n) is 4.21. The third kappa shape index (κ3) is 4.42. The molecule has 1 fully saturated rings. The maximum absolute atomic E-state index is 13.4. The Morgan fingerprint density at radius 3 is 2.34 bits per heavy atom. The number of aromatic nitrogens is 3. The lowest BCUT2D eigenvalue weighted by atomic mass is 10.1. The van der Waals surface area contributed by atoms with Crippen molar-refractivity contribution in [1.29, 1.82) is 0 Å². The normalized spacial score (nSPS) is 13.7. The number of nitrogens with one attached hydrogen (secondary N) is 1. The molecule has 1 N–H and O–H groups in total. The van der Waals surface area contributed by atoms with Crippen molar-refractivity contribution in [3.8, 4) is 11.3 Å². The predicted molar refractivity (Wildman–Crippen MR) is 133 cm³/mol. The number of fused-ring (bicyclic) bond motifs is 1. The van der Waals surface area contributed by atoms with E-state index < -0.39 is 0 Å². The summed E-state index contributed by atoms with van der Waals surface area (Å²) in [5, 5.41) is 8.10. The molecule has 2 aromatic carbocycles. The number of anilines is 1. The van der Waals surface area contributed by atoms with E-state index in [9.17, 15) is 14.4 Å². The second-order valence-electron chi connectivity index (χ2n) is 8.87. The molecule has 0 spiro atoms. The first kappa shape index (κ1) is 22.5. The molecule has 8 heteroatoms. The maximum atomic E-state index is 13.4. The first-order chi connectivity index (χ1) is 16.9. The Hall–Kier alpha value is -4.33. The van der Waals surface area contributed by atoms with E-state index in [1.54, 1.807) is 24.4 Å². The standard InChI is InChI=1S/C27H25N5O3/c1-17(2)32-26-22(15-28-32)21(14-23(30-26)19-6-4-3-5-7-19)27(35)29-20-10-8-18(9-11-20)16-31-24(33)12-13-25(31)34/h3-11,14-15,17H,12-13,16H2,1-2H3,(H,29,35). The highest BCUT2D eigenvalue weighted by atomic mass is 16.2. The molecule has 1 saturated heterocycles. The first-order valence-electron chi connectivity index (χ1n) is 11.6. The molecule has 35 heavy (non-hydrogen) atoms. The minimum atomic E-state index is -0.268. The van der Waals surface area contributed by atoms with Gasteiger partial charge in [0.15, 0.2) is 5.65 Å². The Bertz CT molecular complexity index is 1410. The fourth-order valence-corrected chi connectivity index (χ4v) is 4.21. The Morgan fingerprint density at radius 1 is 1.00 bits per heavy atom. The average molecular weight is 468 g/mol. The van der Waals surface area contributed by atoms with Crippen LogP contribution in [-0.2, 0) is 16.1 Å². The number of amides is 3. The number of pyridine rings is 1. The van der Waals surface area contributed by atoms with Crippen molar-refractivity contribution < 1.29 is 14.4 Å². The van der Waals surface area contributed by atoms with E-state index in [0.717, 1.165) is 11.1 Å². The largest absolute Gasteiger partial charge is 0.322 e. The zero-order valence-electron chi connectivity index (χ0n) is 19.6. The van der Waals surface area contributed by atoms with Crippen LogP contribution in [0, 0.1) is 0 Å².